The second kappa shape index (κ2) is 7.19. The van der Waals surface area contributed by atoms with Gasteiger partial charge in [0.15, 0.2) is 0 Å². The lowest BCUT2D eigenvalue weighted by molar-refractivity contribution is -0.383. The van der Waals surface area contributed by atoms with Crippen molar-refractivity contribution in [3.8, 4) is 0 Å². The first-order valence-corrected chi connectivity index (χ1v) is 7.65. The molecule has 116 valence electrons. The van der Waals surface area contributed by atoms with Gasteiger partial charge in [0.1, 0.15) is 6.33 Å². The first kappa shape index (κ1) is 15.5. The van der Waals surface area contributed by atoms with Gasteiger partial charge in [-0.15, -0.1) is 0 Å². The van der Waals surface area contributed by atoms with Crippen LogP contribution in [-0.2, 0) is 0 Å². The normalized spacial score (nSPS) is 16.0. The summed E-state index contributed by atoms with van der Waals surface area (Å²) in [6.07, 6.45) is 5.99. The number of hydrogen-bond acceptors (Lipinski definition) is 6. The number of anilines is 2. The molecule has 0 radical (unpaired) electrons. The van der Waals surface area contributed by atoms with E-state index in [0.29, 0.717) is 18.2 Å². The van der Waals surface area contributed by atoms with Crippen molar-refractivity contribution < 1.29 is 4.92 Å². The van der Waals surface area contributed by atoms with Crippen LogP contribution in [-0.4, -0.2) is 34.5 Å². The number of aromatic nitrogens is 2. The first-order valence-electron chi connectivity index (χ1n) is 7.65. The van der Waals surface area contributed by atoms with Crippen molar-refractivity contribution in [2.75, 3.05) is 29.9 Å². The van der Waals surface area contributed by atoms with Crippen molar-refractivity contribution in [2.24, 2.45) is 5.92 Å². The largest absolute Gasteiger partial charge is 0.364 e. The minimum atomic E-state index is -0.383. The fourth-order valence-electron chi connectivity index (χ4n) is 2.91. The smallest absolute Gasteiger partial charge is 0.353 e. The molecule has 0 atom stereocenters. The van der Waals surface area contributed by atoms with E-state index in [-0.39, 0.29) is 10.6 Å². The number of nitrogens with zero attached hydrogens (tertiary/aromatic N) is 4. The zero-order valence-electron chi connectivity index (χ0n) is 12.7. The Bertz CT molecular complexity index is 486. The quantitative estimate of drug-likeness (QED) is 0.641. The molecule has 21 heavy (non-hydrogen) atoms. The summed E-state index contributed by atoms with van der Waals surface area (Å²) in [5, 5.41) is 14.3. The van der Waals surface area contributed by atoms with Gasteiger partial charge in [0.2, 0.25) is 11.6 Å². The van der Waals surface area contributed by atoms with E-state index in [4.69, 9.17) is 0 Å². The molecule has 2 rings (SSSR count). The molecule has 0 aromatic carbocycles. The van der Waals surface area contributed by atoms with Gasteiger partial charge in [-0.3, -0.25) is 10.1 Å². The van der Waals surface area contributed by atoms with Gasteiger partial charge in [0.25, 0.3) is 0 Å². The Balaban J connectivity index is 2.20. The van der Waals surface area contributed by atoms with Crippen LogP contribution in [0.1, 0.15) is 39.5 Å². The zero-order valence-corrected chi connectivity index (χ0v) is 12.7. The molecule has 1 aromatic heterocycles. The molecule has 0 bridgehead atoms. The molecule has 0 saturated carbocycles. The SMILES string of the molecule is CCCC1CCN(c2ncnc(NCC)c2[N+](=O)[O-])CC1. The third kappa shape index (κ3) is 3.59. The average molecular weight is 293 g/mol. The first-order chi connectivity index (χ1) is 10.2. The van der Waals surface area contributed by atoms with Crippen molar-refractivity contribution >= 4 is 17.3 Å². The summed E-state index contributed by atoms with van der Waals surface area (Å²) in [6.45, 7) is 6.34. The minimum absolute atomic E-state index is 0.00621. The molecule has 7 nitrogen and oxygen atoms in total. The molecular weight excluding hydrogens is 270 g/mol. The predicted octanol–water partition coefficient (Wildman–Crippen LogP) is 2.83. The van der Waals surface area contributed by atoms with E-state index in [2.05, 4.69) is 22.2 Å². The summed E-state index contributed by atoms with van der Waals surface area (Å²) in [4.78, 5) is 21.2. The molecule has 1 aliphatic rings. The van der Waals surface area contributed by atoms with E-state index < -0.39 is 0 Å². The Hall–Kier alpha value is -1.92. The maximum atomic E-state index is 11.4. The Kier molecular flexibility index (Phi) is 5.30. The highest BCUT2D eigenvalue weighted by Gasteiger charge is 2.29. The van der Waals surface area contributed by atoms with E-state index in [1.165, 1.54) is 19.2 Å². The summed E-state index contributed by atoms with van der Waals surface area (Å²) < 4.78 is 0. The van der Waals surface area contributed by atoms with Gasteiger partial charge < -0.3 is 10.2 Å². The van der Waals surface area contributed by atoms with Crippen LogP contribution in [0.4, 0.5) is 17.3 Å². The standard InChI is InChI=1S/C14H23N5O2/c1-3-5-11-6-8-18(9-7-11)14-12(19(20)21)13(15-4-2)16-10-17-14/h10-11H,3-9H2,1-2H3,(H,15,16,17). The molecule has 1 fully saturated rings. The van der Waals surface area contributed by atoms with Crippen molar-refractivity contribution in [2.45, 2.75) is 39.5 Å². The number of nitrogens with one attached hydrogen (secondary N) is 1. The molecule has 0 amide bonds. The van der Waals surface area contributed by atoms with Crippen LogP contribution >= 0.6 is 0 Å². The van der Waals surface area contributed by atoms with Gasteiger partial charge in [-0.25, -0.2) is 9.97 Å². The molecule has 1 saturated heterocycles. The fraction of sp³-hybridized carbons (Fsp3) is 0.714. The lowest BCUT2D eigenvalue weighted by atomic mass is 9.92. The van der Waals surface area contributed by atoms with Gasteiger partial charge in [0, 0.05) is 19.6 Å². The summed E-state index contributed by atoms with van der Waals surface area (Å²) >= 11 is 0. The average Bonchev–Trinajstić information content (AvgIpc) is 2.48. The van der Waals surface area contributed by atoms with Crippen molar-refractivity contribution in [1.82, 2.24) is 9.97 Å². The van der Waals surface area contributed by atoms with Gasteiger partial charge in [0.05, 0.1) is 4.92 Å². The molecule has 1 N–H and O–H groups in total. The van der Waals surface area contributed by atoms with E-state index in [1.54, 1.807) is 0 Å². The monoisotopic (exact) mass is 293 g/mol. The molecule has 1 aliphatic heterocycles. The summed E-state index contributed by atoms with van der Waals surface area (Å²) in [5.41, 5.74) is -0.00621. The zero-order chi connectivity index (χ0) is 15.2. The Morgan fingerprint density at radius 2 is 2.10 bits per heavy atom. The van der Waals surface area contributed by atoms with E-state index >= 15 is 0 Å². The van der Waals surface area contributed by atoms with E-state index in [0.717, 1.165) is 31.8 Å². The predicted molar refractivity (Wildman–Crippen MR) is 82.7 cm³/mol. The fourth-order valence-corrected chi connectivity index (χ4v) is 2.91. The van der Waals surface area contributed by atoms with Crippen LogP contribution in [0.25, 0.3) is 0 Å². The van der Waals surface area contributed by atoms with Gasteiger partial charge in [-0.2, -0.15) is 0 Å². The number of hydrogen-bond donors (Lipinski definition) is 1. The maximum Gasteiger partial charge on any atom is 0.353 e. The van der Waals surface area contributed by atoms with Crippen molar-refractivity contribution in [3.63, 3.8) is 0 Å². The van der Waals surface area contributed by atoms with Crippen LogP contribution < -0.4 is 10.2 Å². The number of nitro groups is 1. The molecular formula is C14H23N5O2. The van der Waals surface area contributed by atoms with Crippen LogP contribution in [0, 0.1) is 16.0 Å². The maximum absolute atomic E-state index is 11.4. The van der Waals surface area contributed by atoms with Crippen LogP contribution in [0.2, 0.25) is 0 Å². The topological polar surface area (TPSA) is 84.2 Å². The molecule has 1 aromatic rings. The van der Waals surface area contributed by atoms with E-state index in [9.17, 15) is 10.1 Å². The Labute approximate surface area is 124 Å². The van der Waals surface area contributed by atoms with Crippen molar-refractivity contribution in [3.05, 3.63) is 16.4 Å². The van der Waals surface area contributed by atoms with Gasteiger partial charge >= 0.3 is 5.69 Å². The third-order valence-corrected chi connectivity index (χ3v) is 3.94. The molecule has 0 aliphatic carbocycles. The molecule has 0 spiro atoms. The highest BCUT2D eigenvalue weighted by Crippen LogP contribution is 2.34. The molecule has 7 heteroatoms. The van der Waals surface area contributed by atoms with Crippen LogP contribution in [0.3, 0.4) is 0 Å². The summed E-state index contributed by atoms with van der Waals surface area (Å²) in [7, 11) is 0. The Morgan fingerprint density at radius 3 is 2.67 bits per heavy atom. The second-order valence-electron chi connectivity index (χ2n) is 5.40. The second-order valence-corrected chi connectivity index (χ2v) is 5.40. The van der Waals surface area contributed by atoms with E-state index in [1.807, 2.05) is 11.8 Å². The Morgan fingerprint density at radius 1 is 1.38 bits per heavy atom. The highest BCUT2D eigenvalue weighted by atomic mass is 16.6. The van der Waals surface area contributed by atoms with Gasteiger partial charge in [-0.05, 0) is 25.7 Å². The number of rotatable bonds is 6. The molecule has 2 heterocycles. The van der Waals surface area contributed by atoms with Gasteiger partial charge in [-0.1, -0.05) is 19.8 Å². The van der Waals surface area contributed by atoms with Crippen LogP contribution in [0.5, 0.6) is 0 Å². The minimum Gasteiger partial charge on any atom is -0.364 e. The lowest BCUT2D eigenvalue weighted by Crippen LogP contribution is -2.34. The number of piperidine rings is 1. The summed E-state index contributed by atoms with van der Waals surface area (Å²) in [6, 6.07) is 0. The lowest BCUT2D eigenvalue weighted by Gasteiger charge is -2.32. The summed E-state index contributed by atoms with van der Waals surface area (Å²) in [5.74, 6) is 1.49. The van der Waals surface area contributed by atoms with Crippen molar-refractivity contribution in [1.29, 1.82) is 0 Å². The highest BCUT2D eigenvalue weighted by molar-refractivity contribution is 5.70. The molecule has 0 unspecified atom stereocenters. The third-order valence-electron chi connectivity index (χ3n) is 3.94. The van der Waals surface area contributed by atoms with Crippen LogP contribution in [0.15, 0.2) is 6.33 Å².